The molecule has 0 unspecified atom stereocenters. The Labute approximate surface area is 139 Å². The Kier molecular flexibility index (Phi) is 6.27. The lowest BCUT2D eigenvalue weighted by molar-refractivity contribution is -0.136. The molecule has 4 heteroatoms. The first-order valence-electron chi connectivity index (χ1n) is 8.21. The summed E-state index contributed by atoms with van der Waals surface area (Å²) in [6, 6.07) is 8.52. The number of carbonyl (C=O) groups excluding carboxylic acids is 1. The molecule has 0 saturated carbocycles. The summed E-state index contributed by atoms with van der Waals surface area (Å²) >= 11 is 5.91. The second-order valence-electron chi connectivity index (χ2n) is 6.55. The van der Waals surface area contributed by atoms with Crippen LogP contribution in [-0.2, 0) is 11.2 Å². The summed E-state index contributed by atoms with van der Waals surface area (Å²) in [6.45, 7) is 7.18. The van der Waals surface area contributed by atoms with Crippen molar-refractivity contribution < 1.29 is 4.79 Å². The molecule has 1 heterocycles. The van der Waals surface area contributed by atoms with Gasteiger partial charge >= 0.3 is 0 Å². The molecule has 0 atom stereocenters. The summed E-state index contributed by atoms with van der Waals surface area (Å²) in [5.41, 5.74) is 1.33. The monoisotopic (exact) mass is 322 g/mol. The van der Waals surface area contributed by atoms with Gasteiger partial charge in [0.15, 0.2) is 0 Å². The van der Waals surface area contributed by atoms with Gasteiger partial charge in [-0.3, -0.25) is 4.79 Å². The largest absolute Gasteiger partial charge is 0.342 e. The van der Waals surface area contributed by atoms with E-state index in [1.165, 1.54) is 5.56 Å². The van der Waals surface area contributed by atoms with Gasteiger partial charge in [-0.15, -0.1) is 0 Å². The summed E-state index contributed by atoms with van der Waals surface area (Å²) in [5.74, 6) is 0.354. The second-order valence-corrected chi connectivity index (χ2v) is 6.99. The van der Waals surface area contributed by atoms with Crippen LogP contribution >= 0.6 is 11.6 Å². The van der Waals surface area contributed by atoms with E-state index in [4.69, 9.17) is 11.6 Å². The minimum atomic E-state index is 0.0907. The molecule has 1 aromatic carbocycles. The van der Waals surface area contributed by atoms with Crippen molar-refractivity contribution in [3.8, 4) is 0 Å². The zero-order valence-corrected chi connectivity index (χ0v) is 14.6. The minimum Gasteiger partial charge on any atom is -0.342 e. The summed E-state index contributed by atoms with van der Waals surface area (Å²) in [7, 11) is 1.95. The Morgan fingerprint density at radius 2 is 1.86 bits per heavy atom. The maximum atomic E-state index is 12.1. The zero-order chi connectivity index (χ0) is 16.1. The molecule has 3 nitrogen and oxygen atoms in total. The molecule has 1 aromatic rings. The molecule has 0 aliphatic carbocycles. The number of piperidine rings is 1. The topological polar surface area (TPSA) is 23.6 Å². The van der Waals surface area contributed by atoms with Crippen molar-refractivity contribution in [2.24, 2.45) is 5.92 Å². The summed E-state index contributed by atoms with van der Waals surface area (Å²) < 4.78 is 0. The number of nitrogens with zero attached hydrogens (tertiary/aromatic N) is 2. The molecular formula is C18H27ClN2O. The number of hydrogen-bond acceptors (Lipinski definition) is 2. The maximum absolute atomic E-state index is 12.1. The van der Waals surface area contributed by atoms with E-state index in [1.54, 1.807) is 0 Å². The van der Waals surface area contributed by atoms with E-state index < -0.39 is 0 Å². The zero-order valence-electron chi connectivity index (χ0n) is 13.9. The predicted octanol–water partition coefficient (Wildman–Crippen LogP) is 3.46. The molecule has 0 spiro atoms. The second kappa shape index (κ2) is 7.98. The van der Waals surface area contributed by atoms with Gasteiger partial charge in [-0.05, 0) is 37.0 Å². The molecule has 1 fully saturated rings. The fourth-order valence-electron chi connectivity index (χ4n) is 3.06. The first kappa shape index (κ1) is 17.3. The quantitative estimate of drug-likeness (QED) is 0.829. The standard InChI is InChI=1S/C18H27ClN2O/c1-14(2)18(22)20(3)17-9-12-21(13-10-17)11-8-15-4-6-16(19)7-5-15/h4-7,14,17H,8-13H2,1-3H3. The van der Waals surface area contributed by atoms with E-state index in [-0.39, 0.29) is 11.8 Å². The van der Waals surface area contributed by atoms with E-state index in [9.17, 15) is 4.79 Å². The minimum absolute atomic E-state index is 0.0907. The van der Waals surface area contributed by atoms with Crippen LogP contribution in [0.2, 0.25) is 5.02 Å². The average Bonchev–Trinajstić information content (AvgIpc) is 2.53. The summed E-state index contributed by atoms with van der Waals surface area (Å²) in [5, 5.41) is 0.794. The van der Waals surface area contributed by atoms with E-state index in [0.29, 0.717) is 6.04 Å². The summed E-state index contributed by atoms with van der Waals surface area (Å²) in [4.78, 5) is 16.5. The first-order valence-corrected chi connectivity index (χ1v) is 8.58. The fourth-order valence-corrected chi connectivity index (χ4v) is 3.18. The summed E-state index contributed by atoms with van der Waals surface area (Å²) in [6.07, 6.45) is 3.22. The van der Waals surface area contributed by atoms with Crippen molar-refractivity contribution in [3.05, 3.63) is 34.9 Å². The number of likely N-dealkylation sites (tertiary alicyclic amines) is 1. The van der Waals surface area contributed by atoms with Crippen LogP contribution in [-0.4, -0.2) is 48.4 Å². The van der Waals surface area contributed by atoms with Crippen molar-refractivity contribution in [2.75, 3.05) is 26.7 Å². The van der Waals surface area contributed by atoms with Crippen molar-refractivity contribution in [2.45, 2.75) is 39.2 Å². The van der Waals surface area contributed by atoms with Gasteiger partial charge in [0, 0.05) is 43.7 Å². The van der Waals surface area contributed by atoms with Gasteiger partial charge in [0.2, 0.25) is 5.91 Å². The highest BCUT2D eigenvalue weighted by atomic mass is 35.5. The maximum Gasteiger partial charge on any atom is 0.225 e. The molecule has 0 N–H and O–H groups in total. The molecule has 1 amide bonds. The van der Waals surface area contributed by atoms with Gasteiger partial charge in [0.05, 0.1) is 0 Å². The number of rotatable bonds is 5. The molecule has 0 bridgehead atoms. The third-order valence-corrected chi connectivity index (χ3v) is 4.83. The van der Waals surface area contributed by atoms with Crippen LogP contribution in [0.5, 0.6) is 0 Å². The lowest BCUT2D eigenvalue weighted by atomic mass is 10.0. The van der Waals surface area contributed by atoms with Gasteiger partial charge < -0.3 is 9.80 Å². The van der Waals surface area contributed by atoms with Crippen LogP contribution in [0.4, 0.5) is 0 Å². The van der Waals surface area contributed by atoms with Crippen molar-refractivity contribution in [1.82, 2.24) is 9.80 Å². The highest BCUT2D eigenvalue weighted by molar-refractivity contribution is 6.30. The normalized spacial score (nSPS) is 17.0. The van der Waals surface area contributed by atoms with E-state index in [2.05, 4.69) is 17.0 Å². The van der Waals surface area contributed by atoms with Gasteiger partial charge in [0.25, 0.3) is 0 Å². The van der Waals surface area contributed by atoms with Gasteiger partial charge in [0.1, 0.15) is 0 Å². The van der Waals surface area contributed by atoms with Crippen LogP contribution in [0.15, 0.2) is 24.3 Å². The van der Waals surface area contributed by atoms with Gasteiger partial charge in [-0.2, -0.15) is 0 Å². The first-order chi connectivity index (χ1) is 10.5. The number of benzene rings is 1. The van der Waals surface area contributed by atoms with Crippen molar-refractivity contribution >= 4 is 17.5 Å². The van der Waals surface area contributed by atoms with E-state index in [0.717, 1.165) is 43.9 Å². The number of carbonyl (C=O) groups is 1. The van der Waals surface area contributed by atoms with E-state index in [1.807, 2.05) is 37.9 Å². The smallest absolute Gasteiger partial charge is 0.225 e. The Morgan fingerprint density at radius 1 is 1.27 bits per heavy atom. The number of halogens is 1. The number of hydrogen-bond donors (Lipinski definition) is 0. The van der Waals surface area contributed by atoms with Gasteiger partial charge in [-0.25, -0.2) is 0 Å². The van der Waals surface area contributed by atoms with Crippen LogP contribution in [0.3, 0.4) is 0 Å². The third kappa shape index (κ3) is 4.72. The molecule has 1 aliphatic rings. The number of amides is 1. The van der Waals surface area contributed by atoms with Crippen LogP contribution in [0, 0.1) is 5.92 Å². The van der Waals surface area contributed by atoms with Crippen LogP contribution in [0.1, 0.15) is 32.3 Å². The van der Waals surface area contributed by atoms with Crippen molar-refractivity contribution in [3.63, 3.8) is 0 Å². The fraction of sp³-hybridized carbons (Fsp3) is 0.611. The molecule has 2 rings (SSSR count). The highest BCUT2D eigenvalue weighted by Gasteiger charge is 2.26. The van der Waals surface area contributed by atoms with Crippen molar-refractivity contribution in [1.29, 1.82) is 0 Å². The highest BCUT2D eigenvalue weighted by Crippen LogP contribution is 2.18. The Morgan fingerprint density at radius 3 is 2.41 bits per heavy atom. The van der Waals surface area contributed by atoms with Gasteiger partial charge in [-0.1, -0.05) is 37.6 Å². The molecular weight excluding hydrogens is 296 g/mol. The Hall–Kier alpha value is -1.06. The predicted molar refractivity (Wildman–Crippen MR) is 92.2 cm³/mol. The molecule has 0 radical (unpaired) electrons. The van der Waals surface area contributed by atoms with E-state index >= 15 is 0 Å². The molecule has 122 valence electrons. The molecule has 0 aromatic heterocycles. The lowest BCUT2D eigenvalue weighted by Gasteiger charge is -2.37. The molecule has 1 saturated heterocycles. The molecule has 1 aliphatic heterocycles. The SMILES string of the molecule is CC(C)C(=O)N(C)C1CCN(CCc2ccc(Cl)cc2)CC1. The third-order valence-electron chi connectivity index (χ3n) is 4.58. The van der Waals surface area contributed by atoms with Crippen LogP contribution < -0.4 is 0 Å². The Balaban J connectivity index is 1.75. The average molecular weight is 323 g/mol. The van der Waals surface area contributed by atoms with Crippen LogP contribution in [0.25, 0.3) is 0 Å². The molecule has 22 heavy (non-hydrogen) atoms. The Bertz CT molecular complexity index is 478. The lowest BCUT2D eigenvalue weighted by Crippen LogP contribution is -2.47.